The van der Waals surface area contributed by atoms with E-state index in [1.807, 2.05) is 6.92 Å². The van der Waals surface area contributed by atoms with Crippen molar-refractivity contribution in [1.82, 2.24) is 9.80 Å². The van der Waals surface area contributed by atoms with Crippen molar-refractivity contribution in [3.8, 4) is 11.5 Å². The topological polar surface area (TPSA) is 79.3 Å². The summed E-state index contributed by atoms with van der Waals surface area (Å²) in [4.78, 5) is 26.3. The zero-order chi connectivity index (χ0) is 18.7. The molecule has 0 saturated carbocycles. The predicted octanol–water partition coefficient (Wildman–Crippen LogP) is 2.34. The van der Waals surface area contributed by atoms with E-state index in [-0.39, 0.29) is 11.7 Å². The number of aliphatic carboxylic acids is 1. The molecule has 1 fully saturated rings. The first-order valence-corrected chi connectivity index (χ1v) is 8.53. The maximum Gasteiger partial charge on any atom is 0.341 e. The van der Waals surface area contributed by atoms with Gasteiger partial charge in [0.15, 0.2) is 23.2 Å². The number of ether oxygens (including phenoxy) is 2. The molecule has 1 N–H and O–H groups in total. The first kappa shape index (κ1) is 19.2. The van der Waals surface area contributed by atoms with E-state index in [1.165, 1.54) is 12.0 Å². The maximum atomic E-state index is 12.5. The van der Waals surface area contributed by atoms with E-state index in [1.54, 1.807) is 30.2 Å². The minimum atomic E-state index is -1.09. The van der Waals surface area contributed by atoms with Crippen molar-refractivity contribution in [3.63, 3.8) is 0 Å². The van der Waals surface area contributed by atoms with Gasteiger partial charge in [-0.05, 0) is 42.9 Å². The molecular weight excluding hydrogens is 412 g/mol. The van der Waals surface area contributed by atoms with Crippen molar-refractivity contribution in [1.29, 1.82) is 0 Å². The third-order valence-corrected chi connectivity index (χ3v) is 4.77. The standard InChI is InChI=1S/C16H17BrN2O5S/c1-4-19-15(22)11(18(2)16(19)25)5-9-6-12(23-3)13(7-10(9)17)24-8-14(20)21/h5-7H,4,8H2,1-3H3,(H,20,21)/b11-5-. The Balaban J connectivity index is 2.41. The highest BCUT2D eigenvalue weighted by Gasteiger charge is 2.34. The van der Waals surface area contributed by atoms with Gasteiger partial charge in [-0.2, -0.15) is 0 Å². The van der Waals surface area contributed by atoms with Gasteiger partial charge < -0.3 is 19.5 Å². The molecule has 1 aromatic carbocycles. The quantitative estimate of drug-likeness (QED) is 0.549. The Morgan fingerprint density at radius 2 is 2.08 bits per heavy atom. The van der Waals surface area contributed by atoms with Crippen molar-refractivity contribution >= 4 is 51.2 Å². The number of nitrogens with zero attached hydrogens (tertiary/aromatic N) is 2. The second-order valence-corrected chi connectivity index (χ2v) is 6.35. The molecule has 134 valence electrons. The van der Waals surface area contributed by atoms with E-state index < -0.39 is 12.6 Å². The van der Waals surface area contributed by atoms with Crippen LogP contribution in [-0.4, -0.2) is 59.2 Å². The molecule has 25 heavy (non-hydrogen) atoms. The van der Waals surface area contributed by atoms with Crippen molar-refractivity contribution in [2.45, 2.75) is 6.92 Å². The Bertz CT molecular complexity index is 765. The van der Waals surface area contributed by atoms with E-state index in [4.69, 9.17) is 26.8 Å². The van der Waals surface area contributed by atoms with Gasteiger partial charge in [0, 0.05) is 18.1 Å². The summed E-state index contributed by atoms with van der Waals surface area (Å²) in [6.07, 6.45) is 1.69. The van der Waals surface area contributed by atoms with Gasteiger partial charge in [0.05, 0.1) is 7.11 Å². The lowest BCUT2D eigenvalue weighted by Gasteiger charge is -2.14. The Morgan fingerprint density at radius 3 is 2.60 bits per heavy atom. The second-order valence-electron chi connectivity index (χ2n) is 5.13. The molecule has 7 nitrogen and oxygen atoms in total. The maximum absolute atomic E-state index is 12.5. The van der Waals surface area contributed by atoms with Crippen LogP contribution in [0, 0.1) is 0 Å². The largest absolute Gasteiger partial charge is 0.493 e. The molecule has 1 aliphatic heterocycles. The minimum absolute atomic E-state index is 0.174. The number of methoxy groups -OCH3 is 1. The van der Waals surface area contributed by atoms with E-state index >= 15 is 0 Å². The van der Waals surface area contributed by atoms with Crippen LogP contribution in [0.25, 0.3) is 6.08 Å². The number of hydrogen-bond donors (Lipinski definition) is 1. The van der Waals surface area contributed by atoms with Gasteiger partial charge in [-0.1, -0.05) is 15.9 Å². The zero-order valence-corrected chi connectivity index (χ0v) is 16.3. The lowest BCUT2D eigenvalue weighted by atomic mass is 10.1. The van der Waals surface area contributed by atoms with Gasteiger partial charge in [0.25, 0.3) is 5.91 Å². The number of hydrogen-bond acceptors (Lipinski definition) is 5. The Labute approximate surface area is 158 Å². The van der Waals surface area contributed by atoms with E-state index in [2.05, 4.69) is 15.9 Å². The van der Waals surface area contributed by atoms with Crippen LogP contribution in [0.1, 0.15) is 12.5 Å². The average molecular weight is 429 g/mol. The van der Waals surface area contributed by atoms with Crippen LogP contribution in [0.5, 0.6) is 11.5 Å². The van der Waals surface area contributed by atoms with Crippen LogP contribution in [0.4, 0.5) is 0 Å². The third-order valence-electron chi connectivity index (χ3n) is 3.59. The smallest absolute Gasteiger partial charge is 0.341 e. The first-order chi connectivity index (χ1) is 11.8. The average Bonchev–Trinajstić information content (AvgIpc) is 2.77. The summed E-state index contributed by atoms with van der Waals surface area (Å²) in [5, 5.41) is 9.18. The minimum Gasteiger partial charge on any atom is -0.493 e. The molecule has 0 aromatic heterocycles. The van der Waals surface area contributed by atoms with Crippen molar-refractivity contribution in [2.24, 2.45) is 0 Å². The zero-order valence-electron chi connectivity index (χ0n) is 13.9. The monoisotopic (exact) mass is 428 g/mol. The summed E-state index contributed by atoms with van der Waals surface area (Å²) in [6.45, 7) is 1.87. The number of halogens is 1. The molecule has 1 aromatic rings. The molecule has 0 unspecified atom stereocenters. The van der Waals surface area contributed by atoms with Crippen molar-refractivity contribution in [2.75, 3.05) is 27.3 Å². The molecule has 1 aliphatic rings. The van der Waals surface area contributed by atoms with Gasteiger partial charge in [0.1, 0.15) is 5.70 Å². The lowest BCUT2D eigenvalue weighted by Crippen LogP contribution is -2.30. The van der Waals surface area contributed by atoms with Gasteiger partial charge in [0.2, 0.25) is 0 Å². The third kappa shape index (κ3) is 3.93. The summed E-state index contributed by atoms with van der Waals surface area (Å²) in [5.74, 6) is -0.613. The van der Waals surface area contributed by atoms with Crippen LogP contribution in [-0.2, 0) is 9.59 Å². The predicted molar refractivity (Wildman–Crippen MR) is 99.5 cm³/mol. The van der Waals surface area contributed by atoms with Gasteiger partial charge in [-0.3, -0.25) is 9.69 Å². The summed E-state index contributed by atoms with van der Waals surface area (Å²) >= 11 is 8.68. The van der Waals surface area contributed by atoms with E-state index in [0.29, 0.717) is 33.1 Å². The van der Waals surface area contributed by atoms with Gasteiger partial charge in [-0.15, -0.1) is 0 Å². The van der Waals surface area contributed by atoms with E-state index in [0.717, 1.165) is 0 Å². The van der Waals surface area contributed by atoms with Crippen LogP contribution in [0.15, 0.2) is 22.3 Å². The van der Waals surface area contributed by atoms with Crippen LogP contribution in [0.3, 0.4) is 0 Å². The first-order valence-electron chi connectivity index (χ1n) is 7.33. The van der Waals surface area contributed by atoms with Crippen LogP contribution in [0.2, 0.25) is 0 Å². The number of rotatable bonds is 6. The molecule has 0 bridgehead atoms. The Kier molecular flexibility index (Phi) is 6.02. The molecular formula is C16H17BrN2O5S. The van der Waals surface area contributed by atoms with Gasteiger partial charge >= 0.3 is 5.97 Å². The van der Waals surface area contributed by atoms with E-state index in [9.17, 15) is 9.59 Å². The molecule has 1 saturated heterocycles. The highest BCUT2D eigenvalue weighted by atomic mass is 79.9. The normalized spacial score (nSPS) is 15.9. The lowest BCUT2D eigenvalue weighted by molar-refractivity contribution is -0.139. The number of amides is 1. The summed E-state index contributed by atoms with van der Waals surface area (Å²) in [7, 11) is 3.19. The fraction of sp³-hybridized carbons (Fsp3) is 0.312. The molecule has 0 spiro atoms. The summed E-state index contributed by atoms with van der Waals surface area (Å²) in [6, 6.07) is 3.26. The number of carbonyl (C=O) groups is 2. The molecule has 1 amide bonds. The number of benzene rings is 1. The van der Waals surface area contributed by atoms with Crippen molar-refractivity contribution in [3.05, 3.63) is 27.9 Å². The Morgan fingerprint density at radius 1 is 1.40 bits per heavy atom. The molecule has 0 radical (unpaired) electrons. The summed E-state index contributed by atoms with van der Waals surface area (Å²) in [5.41, 5.74) is 1.12. The number of carboxylic acids is 1. The molecule has 2 rings (SSSR count). The highest BCUT2D eigenvalue weighted by molar-refractivity contribution is 9.10. The molecule has 0 aliphatic carbocycles. The fourth-order valence-corrected chi connectivity index (χ4v) is 3.06. The Hall–Kier alpha value is -2.13. The number of carboxylic acid groups (broad SMARTS) is 1. The SMILES string of the molecule is CCN1C(=O)/C(=C/c2cc(OC)c(OCC(=O)O)cc2Br)N(C)C1=S. The van der Waals surface area contributed by atoms with Crippen LogP contribution >= 0.6 is 28.1 Å². The molecule has 1 heterocycles. The highest BCUT2D eigenvalue weighted by Crippen LogP contribution is 2.35. The van der Waals surface area contributed by atoms with Crippen molar-refractivity contribution < 1.29 is 24.2 Å². The fourth-order valence-electron chi connectivity index (χ4n) is 2.31. The number of likely N-dealkylation sites (N-methyl/N-ethyl adjacent to an activating group) is 2. The van der Waals surface area contributed by atoms with Gasteiger partial charge in [-0.25, -0.2) is 4.79 Å². The second kappa shape index (κ2) is 7.83. The summed E-state index contributed by atoms with van der Waals surface area (Å²) < 4.78 is 11.1. The number of carbonyl (C=O) groups excluding carboxylic acids is 1. The molecule has 9 heteroatoms. The molecule has 0 atom stereocenters. The number of thiocarbonyl (C=S) groups is 1. The van der Waals surface area contributed by atoms with Crippen LogP contribution < -0.4 is 9.47 Å².